The molecule has 0 unspecified atom stereocenters. The summed E-state index contributed by atoms with van der Waals surface area (Å²) in [6.45, 7) is 0.479. The average molecular weight is 141 g/mol. The van der Waals surface area contributed by atoms with Gasteiger partial charge in [0.25, 0.3) is 6.47 Å². The number of hydrogen-bond donors (Lipinski definition) is 2. The lowest BCUT2D eigenvalue weighted by Gasteiger charge is -1.93. The quantitative estimate of drug-likeness (QED) is 0.564. The van der Waals surface area contributed by atoms with Crippen LogP contribution in [0.5, 0.6) is 0 Å². The maximum atomic E-state index is 9.71. The van der Waals surface area contributed by atoms with Crippen molar-refractivity contribution in [3.8, 4) is 0 Å². The SMILES string of the molecule is Nc1c[nH]nc1COC=O. The van der Waals surface area contributed by atoms with E-state index in [0.717, 1.165) is 0 Å². The van der Waals surface area contributed by atoms with Crippen LogP contribution in [0.3, 0.4) is 0 Å². The molecular weight excluding hydrogens is 134 g/mol. The summed E-state index contributed by atoms with van der Waals surface area (Å²) in [5.74, 6) is 0. The molecule has 5 heteroatoms. The molecule has 0 aliphatic carbocycles. The normalized spacial score (nSPS) is 9.20. The number of aromatic nitrogens is 2. The van der Waals surface area contributed by atoms with Gasteiger partial charge in [0, 0.05) is 6.20 Å². The molecule has 54 valence electrons. The summed E-state index contributed by atoms with van der Waals surface area (Å²) in [6.07, 6.45) is 1.53. The van der Waals surface area contributed by atoms with Gasteiger partial charge in [-0.15, -0.1) is 0 Å². The molecule has 1 aromatic heterocycles. The predicted octanol–water partition coefficient (Wildman–Crippen LogP) is -0.335. The summed E-state index contributed by atoms with van der Waals surface area (Å²) < 4.78 is 4.42. The van der Waals surface area contributed by atoms with Crippen LogP contribution in [0.2, 0.25) is 0 Å². The van der Waals surface area contributed by atoms with Gasteiger partial charge in [0.15, 0.2) is 0 Å². The largest absolute Gasteiger partial charge is 0.461 e. The molecule has 10 heavy (non-hydrogen) atoms. The number of ether oxygens (including phenoxy) is 1. The third kappa shape index (κ3) is 1.25. The fourth-order valence-electron chi connectivity index (χ4n) is 0.556. The number of carbonyl (C=O) groups is 1. The first-order chi connectivity index (χ1) is 4.84. The minimum Gasteiger partial charge on any atom is -0.461 e. The highest BCUT2D eigenvalue weighted by Crippen LogP contribution is 2.05. The molecule has 0 amide bonds. The molecule has 1 heterocycles. The van der Waals surface area contributed by atoms with Crippen molar-refractivity contribution in [2.75, 3.05) is 5.73 Å². The van der Waals surface area contributed by atoms with E-state index in [9.17, 15) is 4.79 Å². The van der Waals surface area contributed by atoms with Gasteiger partial charge in [-0.3, -0.25) is 9.89 Å². The van der Waals surface area contributed by atoms with E-state index in [1.807, 2.05) is 0 Å². The minimum absolute atomic E-state index is 0.124. The molecule has 0 aromatic carbocycles. The van der Waals surface area contributed by atoms with Crippen molar-refractivity contribution in [3.05, 3.63) is 11.9 Å². The number of carbonyl (C=O) groups excluding carboxylic acids is 1. The second-order valence-corrected chi connectivity index (χ2v) is 1.69. The van der Waals surface area contributed by atoms with Gasteiger partial charge in [-0.2, -0.15) is 5.10 Å². The maximum absolute atomic E-state index is 9.71. The molecule has 1 aromatic rings. The van der Waals surface area contributed by atoms with Crippen LogP contribution in [0.1, 0.15) is 5.69 Å². The van der Waals surface area contributed by atoms with E-state index >= 15 is 0 Å². The van der Waals surface area contributed by atoms with Gasteiger partial charge in [0.05, 0.1) is 5.69 Å². The number of H-pyrrole nitrogens is 1. The Labute approximate surface area is 57.2 Å². The number of anilines is 1. The van der Waals surface area contributed by atoms with Crippen molar-refractivity contribution in [2.45, 2.75) is 6.61 Å². The number of aromatic amines is 1. The fourth-order valence-corrected chi connectivity index (χ4v) is 0.556. The number of hydrogen-bond acceptors (Lipinski definition) is 4. The van der Waals surface area contributed by atoms with E-state index in [-0.39, 0.29) is 6.61 Å². The summed E-state index contributed by atoms with van der Waals surface area (Å²) in [7, 11) is 0. The first kappa shape index (κ1) is 6.60. The second kappa shape index (κ2) is 2.86. The van der Waals surface area contributed by atoms with Crippen LogP contribution in [-0.4, -0.2) is 16.7 Å². The van der Waals surface area contributed by atoms with Gasteiger partial charge >= 0.3 is 0 Å². The summed E-state index contributed by atoms with van der Waals surface area (Å²) in [5, 5.41) is 6.26. The standard InChI is InChI=1S/C5H7N3O2/c6-4-1-7-8-5(4)2-10-3-9/h1,3H,2,6H2,(H,7,8). The third-order valence-electron chi connectivity index (χ3n) is 1.04. The van der Waals surface area contributed by atoms with Gasteiger partial charge in [-0.25, -0.2) is 0 Å². The smallest absolute Gasteiger partial charge is 0.293 e. The van der Waals surface area contributed by atoms with Crippen LogP contribution in [0.4, 0.5) is 5.69 Å². The number of nitrogens with two attached hydrogens (primary N) is 1. The molecule has 0 aliphatic heterocycles. The van der Waals surface area contributed by atoms with Gasteiger partial charge in [-0.05, 0) is 0 Å². The van der Waals surface area contributed by atoms with E-state index in [4.69, 9.17) is 5.73 Å². The van der Waals surface area contributed by atoms with Crippen molar-refractivity contribution in [1.29, 1.82) is 0 Å². The molecule has 0 fully saturated rings. The van der Waals surface area contributed by atoms with Crippen LogP contribution < -0.4 is 5.73 Å². The summed E-state index contributed by atoms with van der Waals surface area (Å²) in [6, 6.07) is 0. The van der Waals surface area contributed by atoms with Crippen molar-refractivity contribution in [1.82, 2.24) is 10.2 Å². The Morgan fingerprint density at radius 3 is 3.20 bits per heavy atom. The van der Waals surface area contributed by atoms with Crippen LogP contribution in [0.25, 0.3) is 0 Å². The van der Waals surface area contributed by atoms with E-state index in [1.165, 1.54) is 6.20 Å². The highest BCUT2D eigenvalue weighted by atomic mass is 16.5. The predicted molar refractivity (Wildman–Crippen MR) is 33.9 cm³/mol. The van der Waals surface area contributed by atoms with Gasteiger partial charge in [0.1, 0.15) is 12.3 Å². The monoisotopic (exact) mass is 141 g/mol. The Balaban J connectivity index is 2.56. The molecule has 3 N–H and O–H groups in total. The molecule has 0 aliphatic rings. The lowest BCUT2D eigenvalue weighted by molar-refractivity contribution is -0.129. The number of nitrogen functional groups attached to an aromatic ring is 1. The van der Waals surface area contributed by atoms with Gasteiger partial charge < -0.3 is 10.5 Å². The number of nitrogens with one attached hydrogen (secondary N) is 1. The van der Waals surface area contributed by atoms with Crippen LogP contribution >= 0.6 is 0 Å². The molecule has 0 saturated heterocycles. The Kier molecular flexibility index (Phi) is 1.89. The van der Waals surface area contributed by atoms with Crippen LogP contribution in [-0.2, 0) is 16.1 Å². The molecule has 0 atom stereocenters. The summed E-state index contributed by atoms with van der Waals surface area (Å²) in [5.41, 5.74) is 6.44. The van der Waals surface area contributed by atoms with E-state index in [1.54, 1.807) is 0 Å². The van der Waals surface area contributed by atoms with Crippen molar-refractivity contribution in [2.24, 2.45) is 0 Å². The van der Waals surface area contributed by atoms with Crippen molar-refractivity contribution >= 4 is 12.2 Å². The van der Waals surface area contributed by atoms with E-state index in [2.05, 4.69) is 14.9 Å². The Morgan fingerprint density at radius 2 is 2.70 bits per heavy atom. The molecule has 1 rings (SSSR count). The Hall–Kier alpha value is -1.52. The average Bonchev–Trinajstić information content (AvgIpc) is 2.31. The molecule has 0 radical (unpaired) electrons. The van der Waals surface area contributed by atoms with Gasteiger partial charge in [0.2, 0.25) is 0 Å². The van der Waals surface area contributed by atoms with Crippen molar-refractivity contribution < 1.29 is 9.53 Å². The molecular formula is C5H7N3O2. The molecule has 5 nitrogen and oxygen atoms in total. The lowest BCUT2D eigenvalue weighted by Crippen LogP contribution is -1.94. The zero-order chi connectivity index (χ0) is 7.40. The summed E-state index contributed by atoms with van der Waals surface area (Å²) >= 11 is 0. The maximum Gasteiger partial charge on any atom is 0.293 e. The number of nitrogens with zero attached hydrogens (tertiary/aromatic N) is 1. The third-order valence-corrected chi connectivity index (χ3v) is 1.04. The fraction of sp³-hybridized carbons (Fsp3) is 0.200. The zero-order valence-corrected chi connectivity index (χ0v) is 5.20. The molecule has 0 bridgehead atoms. The minimum atomic E-state index is 0.124. The first-order valence-corrected chi connectivity index (χ1v) is 2.68. The summed E-state index contributed by atoms with van der Waals surface area (Å²) in [4.78, 5) is 9.71. The van der Waals surface area contributed by atoms with Crippen LogP contribution in [0.15, 0.2) is 6.20 Å². The van der Waals surface area contributed by atoms with Crippen LogP contribution in [0, 0.1) is 0 Å². The van der Waals surface area contributed by atoms with Gasteiger partial charge in [-0.1, -0.05) is 0 Å². The van der Waals surface area contributed by atoms with Crippen molar-refractivity contribution in [3.63, 3.8) is 0 Å². The molecule has 0 saturated carbocycles. The molecule has 0 spiro atoms. The Morgan fingerprint density at radius 1 is 1.90 bits per heavy atom. The van der Waals surface area contributed by atoms with E-state index < -0.39 is 0 Å². The zero-order valence-electron chi connectivity index (χ0n) is 5.20. The highest BCUT2D eigenvalue weighted by molar-refractivity contribution is 5.42. The lowest BCUT2D eigenvalue weighted by atomic mass is 10.4. The first-order valence-electron chi connectivity index (χ1n) is 2.68. The topological polar surface area (TPSA) is 81.0 Å². The second-order valence-electron chi connectivity index (χ2n) is 1.69. The highest BCUT2D eigenvalue weighted by Gasteiger charge is 1.99. The number of rotatable bonds is 3. The van der Waals surface area contributed by atoms with E-state index in [0.29, 0.717) is 17.9 Å². The Bertz CT molecular complexity index is 220.